The second-order valence-electron chi connectivity index (χ2n) is 15.4. The Labute approximate surface area is 322 Å². The van der Waals surface area contributed by atoms with E-state index in [-0.39, 0.29) is 17.6 Å². The molecule has 284 valence electrons. The number of halogens is 1. The third kappa shape index (κ3) is 12.1. The van der Waals surface area contributed by atoms with Gasteiger partial charge in [0.25, 0.3) is 0 Å². The molecule has 6 nitrogen and oxygen atoms in total. The summed E-state index contributed by atoms with van der Waals surface area (Å²) in [5.74, 6) is 3.30. The molecule has 0 spiro atoms. The second-order valence-corrected chi connectivity index (χ2v) is 16.7. The number of nitrogen functional groups attached to an aromatic ring is 1. The largest absolute Gasteiger partial charge is 0.397 e. The van der Waals surface area contributed by atoms with E-state index in [2.05, 4.69) is 54.6 Å². The Balaban J connectivity index is 1.35. The molecule has 1 aliphatic heterocycles. The molecule has 1 aromatic heterocycles. The zero-order chi connectivity index (χ0) is 37.6. The van der Waals surface area contributed by atoms with Crippen LogP contribution in [0.2, 0.25) is 5.02 Å². The normalized spacial score (nSPS) is 20.4. The lowest BCUT2D eigenvalue weighted by Gasteiger charge is -2.33. The highest BCUT2D eigenvalue weighted by atomic mass is 35.5. The van der Waals surface area contributed by atoms with Crippen molar-refractivity contribution in [2.24, 2.45) is 23.7 Å². The maximum absolute atomic E-state index is 14.1. The molecule has 8 heteroatoms. The van der Waals surface area contributed by atoms with E-state index in [9.17, 15) is 14.7 Å². The molecule has 2 aliphatic rings. The number of terminal acetylenes is 1. The van der Waals surface area contributed by atoms with Gasteiger partial charge in [-0.25, -0.2) is 0 Å². The summed E-state index contributed by atoms with van der Waals surface area (Å²) in [6.07, 6.45) is 21.5. The number of nitrogens with zero attached hydrogens (tertiary/aromatic N) is 1. The first kappa shape index (κ1) is 41.9. The molecule has 4 rings (SSSR count). The lowest BCUT2D eigenvalue weighted by Crippen LogP contribution is -2.37. The van der Waals surface area contributed by atoms with Crippen LogP contribution in [0.5, 0.6) is 0 Å². The summed E-state index contributed by atoms with van der Waals surface area (Å²) < 4.78 is 0. The van der Waals surface area contributed by atoms with Gasteiger partial charge in [-0.15, -0.1) is 24.3 Å². The van der Waals surface area contributed by atoms with E-state index in [1.807, 2.05) is 12.1 Å². The fourth-order valence-corrected chi connectivity index (χ4v) is 9.66. The van der Waals surface area contributed by atoms with Crippen molar-refractivity contribution in [1.29, 1.82) is 0 Å². The molecule has 1 saturated carbocycles. The van der Waals surface area contributed by atoms with Crippen molar-refractivity contribution >= 4 is 45.3 Å². The topological polar surface area (TPSA) is 95.7 Å². The number of Topliss-reactive ketones (excluding diaryl/α,β-unsaturated/α-hetero) is 1. The summed E-state index contributed by atoms with van der Waals surface area (Å²) in [5.41, 5.74) is 9.71. The van der Waals surface area contributed by atoms with Crippen molar-refractivity contribution in [3.05, 3.63) is 70.1 Å². The fraction of sp³-hybridized carbons (Fsp3) is 0.591. The number of hydrogen-bond donors (Lipinski definition) is 3. The molecule has 2 aromatic rings. The van der Waals surface area contributed by atoms with E-state index < -0.39 is 12.0 Å². The molecule has 4 N–H and O–H groups in total. The standard InChI is InChI=1S/C44H62ClN3O3S/c1-6-10-14-38(12-7-2)48(20-8-3)21-11-13-30(5)42(50)36(25-33-24-34(9-4)41(46)40(45)27-33)29-39(49)26-32-17-15-31(16-18-32)23-37-28-35-19-22-52-44(35)47-43(37)51/h4,6,19,22,24,27,31-32,36-39,49H,1,5,7-8,10-18,20-21,23,25-26,28-29,46H2,2-3H3,(H,47,51)/t31?,32?,36-,37?,38?,39?/m0/s1. The Bertz CT molecular complexity index is 1540. The smallest absolute Gasteiger partial charge is 0.228 e. The first-order valence-electron chi connectivity index (χ1n) is 19.7. The maximum atomic E-state index is 14.1. The summed E-state index contributed by atoms with van der Waals surface area (Å²) in [4.78, 5) is 29.4. The van der Waals surface area contributed by atoms with Crippen LogP contribution in [0.1, 0.15) is 120 Å². The monoisotopic (exact) mass is 747 g/mol. The van der Waals surface area contributed by atoms with Gasteiger partial charge in [-0.3, -0.25) is 9.59 Å². The maximum Gasteiger partial charge on any atom is 0.228 e. The molecule has 1 fully saturated rings. The number of carbonyl (C=O) groups is 2. The predicted molar refractivity (Wildman–Crippen MR) is 220 cm³/mol. The molecular weight excluding hydrogens is 686 g/mol. The fourth-order valence-electron chi connectivity index (χ4n) is 8.59. The number of anilines is 2. The van der Waals surface area contributed by atoms with E-state index >= 15 is 0 Å². The van der Waals surface area contributed by atoms with Crippen molar-refractivity contribution in [2.75, 3.05) is 24.1 Å². The molecule has 0 radical (unpaired) electrons. The van der Waals surface area contributed by atoms with Gasteiger partial charge in [-0.2, -0.15) is 0 Å². The number of amides is 1. The first-order chi connectivity index (χ1) is 25.1. The quantitative estimate of drug-likeness (QED) is 0.0483. The number of aliphatic hydroxyl groups excluding tert-OH is 1. The van der Waals surface area contributed by atoms with Crippen LogP contribution in [0.4, 0.5) is 10.7 Å². The Kier molecular flexibility index (Phi) is 17.0. The molecule has 52 heavy (non-hydrogen) atoms. The zero-order valence-corrected chi connectivity index (χ0v) is 33.2. The third-order valence-electron chi connectivity index (χ3n) is 11.4. The van der Waals surface area contributed by atoms with E-state index in [4.69, 9.17) is 23.8 Å². The van der Waals surface area contributed by atoms with Crippen LogP contribution in [-0.2, 0) is 22.4 Å². The molecule has 1 aliphatic carbocycles. The van der Waals surface area contributed by atoms with Gasteiger partial charge in [0.2, 0.25) is 5.91 Å². The average Bonchev–Trinajstić information content (AvgIpc) is 3.58. The van der Waals surface area contributed by atoms with E-state index in [1.54, 1.807) is 17.4 Å². The van der Waals surface area contributed by atoms with E-state index in [0.717, 1.165) is 101 Å². The van der Waals surface area contributed by atoms with Gasteiger partial charge in [0, 0.05) is 23.4 Å². The van der Waals surface area contributed by atoms with Gasteiger partial charge in [0.15, 0.2) is 5.78 Å². The minimum atomic E-state index is -0.611. The Morgan fingerprint density at radius 3 is 2.63 bits per heavy atom. The average molecular weight is 749 g/mol. The first-order valence-corrected chi connectivity index (χ1v) is 21.0. The van der Waals surface area contributed by atoms with Gasteiger partial charge in [-0.1, -0.05) is 76.1 Å². The molecule has 2 heterocycles. The van der Waals surface area contributed by atoms with Gasteiger partial charge < -0.3 is 21.1 Å². The van der Waals surface area contributed by atoms with Gasteiger partial charge in [-0.05, 0) is 136 Å². The number of thiophene rings is 1. The minimum Gasteiger partial charge on any atom is -0.397 e. The van der Waals surface area contributed by atoms with Gasteiger partial charge >= 0.3 is 0 Å². The van der Waals surface area contributed by atoms with Crippen molar-refractivity contribution in [1.82, 2.24) is 4.90 Å². The second kappa shape index (κ2) is 21.1. The van der Waals surface area contributed by atoms with E-state index in [1.165, 1.54) is 5.56 Å². The molecule has 1 amide bonds. The van der Waals surface area contributed by atoms with Crippen molar-refractivity contribution in [3.8, 4) is 12.3 Å². The van der Waals surface area contributed by atoms with E-state index in [0.29, 0.717) is 65.4 Å². The predicted octanol–water partition coefficient (Wildman–Crippen LogP) is 10.0. The summed E-state index contributed by atoms with van der Waals surface area (Å²) >= 11 is 8.05. The van der Waals surface area contributed by atoms with Crippen LogP contribution >= 0.6 is 22.9 Å². The van der Waals surface area contributed by atoms with Crippen LogP contribution in [0.25, 0.3) is 0 Å². The SMILES string of the molecule is C#Cc1cc(C[C@@H](CC(O)CC2CCC(CC3Cc4ccsc4NC3=O)CC2)C(=O)C(=C)CCCN(CCC)C(CCC)CCC=C)cc(Cl)c1N. The number of allylic oxidation sites excluding steroid dienone is 2. The summed E-state index contributed by atoms with van der Waals surface area (Å²) in [7, 11) is 0. The van der Waals surface area contributed by atoms with Crippen LogP contribution < -0.4 is 11.1 Å². The van der Waals surface area contributed by atoms with Crippen LogP contribution in [0, 0.1) is 36.0 Å². The number of aliphatic hydroxyl groups is 1. The highest BCUT2D eigenvalue weighted by Crippen LogP contribution is 2.39. The Hall–Kier alpha value is -2.89. The third-order valence-corrected chi connectivity index (χ3v) is 12.6. The van der Waals surface area contributed by atoms with Crippen LogP contribution in [0.3, 0.4) is 0 Å². The number of carbonyl (C=O) groups excluding carboxylic acids is 2. The molecule has 0 bridgehead atoms. The summed E-state index contributed by atoms with van der Waals surface area (Å²) in [6, 6.07) is 6.28. The number of fused-ring (bicyclic) bond motifs is 1. The molecule has 3 unspecified atom stereocenters. The summed E-state index contributed by atoms with van der Waals surface area (Å²) in [6.45, 7) is 14.6. The lowest BCUT2D eigenvalue weighted by molar-refractivity contribution is -0.121. The summed E-state index contributed by atoms with van der Waals surface area (Å²) in [5, 5.41) is 18.0. The van der Waals surface area contributed by atoms with Gasteiger partial charge in [0.05, 0.1) is 21.8 Å². The zero-order valence-electron chi connectivity index (χ0n) is 31.6. The number of ketones is 1. The van der Waals surface area contributed by atoms with Crippen LogP contribution in [-0.4, -0.2) is 46.9 Å². The number of nitrogens with two attached hydrogens (primary N) is 1. The highest BCUT2D eigenvalue weighted by Gasteiger charge is 2.32. The molecule has 0 saturated heterocycles. The minimum absolute atomic E-state index is 0.0105. The molecular formula is C44H62ClN3O3S. The lowest BCUT2D eigenvalue weighted by atomic mass is 9.74. The van der Waals surface area contributed by atoms with Crippen molar-refractivity contribution in [2.45, 2.75) is 129 Å². The molecule has 1 aromatic carbocycles. The number of rotatable bonds is 22. The molecule has 4 atom stereocenters. The Morgan fingerprint density at radius 2 is 1.94 bits per heavy atom. The van der Waals surface area contributed by atoms with Crippen molar-refractivity contribution < 1.29 is 14.7 Å². The van der Waals surface area contributed by atoms with Crippen LogP contribution in [0.15, 0.2) is 48.4 Å². The number of hydrogen-bond acceptors (Lipinski definition) is 6. The Morgan fingerprint density at radius 1 is 1.19 bits per heavy atom. The van der Waals surface area contributed by atoms with Crippen molar-refractivity contribution in [3.63, 3.8) is 0 Å². The number of nitrogens with one attached hydrogen (secondary N) is 1. The highest BCUT2D eigenvalue weighted by molar-refractivity contribution is 7.14. The number of benzene rings is 1. The van der Waals surface area contributed by atoms with Gasteiger partial charge in [0.1, 0.15) is 0 Å².